The molecule has 0 amide bonds. The van der Waals surface area contributed by atoms with Crippen LogP contribution in [-0.2, 0) is 29.6 Å². The third-order valence-corrected chi connectivity index (χ3v) is 9.81. The summed E-state index contributed by atoms with van der Waals surface area (Å²) in [7, 11) is -1.59. The van der Waals surface area contributed by atoms with Gasteiger partial charge in [-0.15, -0.1) is 0 Å². The first kappa shape index (κ1) is 31.3. The van der Waals surface area contributed by atoms with Crippen LogP contribution in [0.4, 0.5) is 10.2 Å². The van der Waals surface area contributed by atoms with Crippen LogP contribution in [0.2, 0.25) is 5.28 Å². The number of halogens is 2. The van der Waals surface area contributed by atoms with Crippen molar-refractivity contribution >= 4 is 47.9 Å². The highest BCUT2D eigenvalue weighted by Gasteiger charge is 2.22. The Labute approximate surface area is 273 Å². The average Bonchev–Trinajstić information content (AvgIpc) is 3.43. The van der Waals surface area contributed by atoms with Gasteiger partial charge in [0.15, 0.2) is 5.65 Å². The fourth-order valence-electron chi connectivity index (χ4n) is 5.14. The molecule has 11 heteroatoms. The Kier molecular flexibility index (Phi) is 9.12. The second-order valence-corrected chi connectivity index (χ2v) is 14.4. The van der Waals surface area contributed by atoms with E-state index in [4.69, 9.17) is 26.5 Å². The van der Waals surface area contributed by atoms with E-state index in [2.05, 4.69) is 77.2 Å². The van der Waals surface area contributed by atoms with Crippen molar-refractivity contribution in [2.45, 2.75) is 45.9 Å². The van der Waals surface area contributed by atoms with Crippen molar-refractivity contribution in [1.29, 1.82) is 0 Å². The van der Waals surface area contributed by atoms with Crippen LogP contribution in [0.5, 0.6) is 5.88 Å². The van der Waals surface area contributed by atoms with Gasteiger partial charge in [0, 0.05) is 11.8 Å². The molecule has 0 fully saturated rings. The van der Waals surface area contributed by atoms with Gasteiger partial charge in [-0.25, -0.2) is 19.0 Å². The van der Waals surface area contributed by atoms with E-state index >= 15 is 0 Å². The monoisotopic (exact) mass is 651 g/mol. The predicted molar refractivity (Wildman–Crippen MR) is 180 cm³/mol. The number of nitrogen functional groups attached to an aromatic ring is 1. The summed E-state index contributed by atoms with van der Waals surface area (Å²) in [6, 6.07) is 27.4. The molecule has 0 saturated carbocycles. The Hall–Kier alpha value is -4.64. The highest BCUT2D eigenvalue weighted by Crippen LogP contribution is 2.24. The molecule has 0 aliphatic carbocycles. The molecule has 46 heavy (non-hydrogen) atoms. The number of hydrogen-bond acceptors (Lipinski definition) is 7. The first-order valence-electron chi connectivity index (χ1n) is 14.8. The minimum Gasteiger partial charge on any atom is -0.473 e. The summed E-state index contributed by atoms with van der Waals surface area (Å²) >= 11 is 6.03. The first-order valence-corrected chi connectivity index (χ1v) is 16.6. The molecule has 0 saturated heterocycles. The molecule has 2 N–H and O–H groups in total. The smallest absolute Gasteiger partial charge is 0.283 e. The third kappa shape index (κ3) is 7.25. The van der Waals surface area contributed by atoms with Crippen LogP contribution >= 0.6 is 11.6 Å². The molecule has 3 heterocycles. The lowest BCUT2D eigenvalue weighted by molar-refractivity contribution is 0.287. The zero-order valence-corrected chi connectivity index (χ0v) is 27.5. The van der Waals surface area contributed by atoms with Gasteiger partial charge in [0.2, 0.25) is 11.2 Å². The van der Waals surface area contributed by atoms with Crippen molar-refractivity contribution in [3.63, 3.8) is 0 Å². The van der Waals surface area contributed by atoms with Crippen LogP contribution in [0.1, 0.15) is 43.0 Å². The molecule has 1 radical (unpaired) electrons. The van der Waals surface area contributed by atoms with Gasteiger partial charge in [-0.1, -0.05) is 81.4 Å². The molecule has 6 rings (SSSR count). The van der Waals surface area contributed by atoms with E-state index in [1.807, 2.05) is 36.4 Å². The highest BCUT2D eigenvalue weighted by molar-refractivity contribution is 6.80. The maximum absolute atomic E-state index is 14.9. The lowest BCUT2D eigenvalue weighted by atomic mass is 9.87. The zero-order chi connectivity index (χ0) is 32.3. The number of rotatable bonds is 10. The van der Waals surface area contributed by atoms with Gasteiger partial charge in [0.1, 0.15) is 18.2 Å². The molecule has 0 spiro atoms. The Balaban J connectivity index is 1.18. The molecular formula is C35H33ClFN6O2Si. The SMILES string of the molecule is CC(C)(C)c1ccc([Si](OCc2cc(F)cc(COc3ncccc3Cn3ncc4c(N)nc(Cl)nc43)c2)c2ccccc2)cc1. The van der Waals surface area contributed by atoms with E-state index in [0.29, 0.717) is 29.0 Å². The van der Waals surface area contributed by atoms with Crippen LogP contribution in [0.15, 0.2) is 97.3 Å². The molecule has 8 nitrogen and oxygen atoms in total. The molecule has 3 aromatic carbocycles. The number of fused-ring (bicyclic) bond motifs is 1. The number of ether oxygens (including phenoxy) is 1. The van der Waals surface area contributed by atoms with E-state index in [1.165, 1.54) is 17.7 Å². The van der Waals surface area contributed by atoms with Crippen LogP contribution in [0, 0.1) is 5.82 Å². The van der Waals surface area contributed by atoms with Crippen molar-refractivity contribution < 1.29 is 13.6 Å². The molecule has 0 aliphatic rings. The fraction of sp³-hybridized carbons (Fsp3) is 0.200. The molecule has 0 unspecified atom stereocenters. The van der Waals surface area contributed by atoms with Crippen LogP contribution in [0.3, 0.4) is 0 Å². The van der Waals surface area contributed by atoms with Gasteiger partial charge in [0.05, 0.1) is 24.7 Å². The standard InChI is InChI=1S/C35H33ClFN6O2Si/c1-35(2,3)26-11-13-29(14-12-26)46(28-9-5-4-6-10-28)45-22-24-16-23(17-27(37)18-24)21-44-33-25(8-7-15-39-33)20-43-32-30(19-40-43)31(38)41-34(36)42-32/h4-19H,20-22H2,1-3H3,(H2,38,41,42). The van der Waals surface area contributed by atoms with Gasteiger partial charge in [-0.05, 0) is 68.3 Å². The third-order valence-electron chi connectivity index (χ3n) is 7.49. The Morgan fingerprint density at radius 1 is 0.891 bits per heavy atom. The molecule has 233 valence electrons. The Morgan fingerprint density at radius 2 is 1.61 bits per heavy atom. The second kappa shape index (κ2) is 13.4. The maximum atomic E-state index is 14.9. The fourth-order valence-corrected chi connectivity index (χ4v) is 7.25. The summed E-state index contributed by atoms with van der Waals surface area (Å²) in [6.45, 7) is 7.27. The zero-order valence-electron chi connectivity index (χ0n) is 25.7. The van der Waals surface area contributed by atoms with E-state index < -0.39 is 9.04 Å². The first-order chi connectivity index (χ1) is 22.1. The molecule has 0 aliphatic heterocycles. The minimum atomic E-state index is -1.59. The van der Waals surface area contributed by atoms with E-state index in [9.17, 15) is 4.39 Å². The highest BCUT2D eigenvalue weighted by atomic mass is 35.5. The molecule has 3 aromatic heterocycles. The topological polar surface area (TPSA) is 101 Å². The van der Waals surface area contributed by atoms with Gasteiger partial charge < -0.3 is 14.9 Å². The summed E-state index contributed by atoms with van der Waals surface area (Å²) in [6.07, 6.45) is 3.24. The van der Waals surface area contributed by atoms with Crippen molar-refractivity contribution in [3.05, 3.63) is 131 Å². The van der Waals surface area contributed by atoms with Crippen molar-refractivity contribution in [2.75, 3.05) is 5.73 Å². The molecular weight excluding hydrogens is 619 g/mol. The lowest BCUT2D eigenvalue weighted by Gasteiger charge is -2.21. The molecule has 0 bridgehead atoms. The normalized spacial score (nSPS) is 11.8. The summed E-state index contributed by atoms with van der Waals surface area (Å²) in [4.78, 5) is 12.7. The maximum Gasteiger partial charge on any atom is 0.283 e. The van der Waals surface area contributed by atoms with Gasteiger partial charge in [0.25, 0.3) is 9.04 Å². The lowest BCUT2D eigenvalue weighted by Crippen LogP contribution is -2.44. The minimum absolute atomic E-state index is 0.0378. The number of benzene rings is 3. The van der Waals surface area contributed by atoms with E-state index in [0.717, 1.165) is 21.5 Å². The number of nitrogens with zero attached hydrogens (tertiary/aromatic N) is 5. The van der Waals surface area contributed by atoms with E-state index in [-0.39, 0.29) is 35.5 Å². The van der Waals surface area contributed by atoms with Gasteiger partial charge in [-0.3, -0.25) is 0 Å². The number of hydrogen-bond donors (Lipinski definition) is 1. The van der Waals surface area contributed by atoms with Crippen LogP contribution in [0.25, 0.3) is 11.0 Å². The van der Waals surface area contributed by atoms with E-state index in [1.54, 1.807) is 17.1 Å². The predicted octanol–water partition coefficient (Wildman–Crippen LogP) is 5.84. The second-order valence-electron chi connectivity index (χ2n) is 12.0. The number of aromatic nitrogens is 5. The summed E-state index contributed by atoms with van der Waals surface area (Å²) in [5.41, 5.74) is 9.95. The number of pyridine rings is 1. The summed E-state index contributed by atoms with van der Waals surface area (Å²) in [5.74, 6) is 0.293. The van der Waals surface area contributed by atoms with Crippen molar-refractivity contribution in [1.82, 2.24) is 24.7 Å². The average molecular weight is 652 g/mol. The quantitative estimate of drug-likeness (QED) is 0.147. The van der Waals surface area contributed by atoms with Crippen LogP contribution in [-0.4, -0.2) is 33.8 Å². The van der Waals surface area contributed by atoms with Gasteiger partial charge >= 0.3 is 0 Å². The Bertz CT molecular complexity index is 1970. The molecule has 6 aromatic rings. The number of anilines is 1. The summed E-state index contributed by atoms with van der Waals surface area (Å²) in [5, 5.41) is 7.30. The number of nitrogens with two attached hydrogens (primary N) is 1. The Morgan fingerprint density at radius 3 is 2.35 bits per heavy atom. The largest absolute Gasteiger partial charge is 0.473 e. The molecule has 0 atom stereocenters. The van der Waals surface area contributed by atoms with Crippen molar-refractivity contribution in [3.8, 4) is 5.88 Å². The van der Waals surface area contributed by atoms with Gasteiger partial charge in [-0.2, -0.15) is 10.1 Å². The van der Waals surface area contributed by atoms with Crippen LogP contribution < -0.4 is 20.8 Å². The summed E-state index contributed by atoms with van der Waals surface area (Å²) < 4.78 is 29.2. The van der Waals surface area contributed by atoms with Crippen molar-refractivity contribution in [2.24, 2.45) is 0 Å².